The second kappa shape index (κ2) is 38.3. The number of pyridine rings is 8. The van der Waals surface area contributed by atoms with Gasteiger partial charge >= 0.3 is 0 Å². The van der Waals surface area contributed by atoms with Crippen molar-refractivity contribution in [1.29, 1.82) is 0 Å². The molecule has 0 unspecified atom stereocenters. The van der Waals surface area contributed by atoms with Crippen LogP contribution in [-0.4, -0.2) is 300 Å². The van der Waals surface area contributed by atoms with Crippen LogP contribution in [0.2, 0.25) is 0 Å². The van der Waals surface area contributed by atoms with Crippen LogP contribution in [0.5, 0.6) is 0 Å². The molecule has 4 saturated heterocycles. The molecule has 1 amide bonds. The van der Waals surface area contributed by atoms with E-state index in [0.717, 1.165) is 324 Å². The lowest BCUT2D eigenvalue weighted by Gasteiger charge is -2.33. The summed E-state index contributed by atoms with van der Waals surface area (Å²) in [6, 6.07) is 33.3. The normalized spacial score (nSPS) is 14.9. The first-order valence-electron chi connectivity index (χ1n) is 47.2. The van der Waals surface area contributed by atoms with Gasteiger partial charge in [-0.05, 0) is 148 Å². The maximum Gasteiger partial charge on any atom is 0.229 e. The van der Waals surface area contributed by atoms with Crippen molar-refractivity contribution in [3.05, 3.63) is 207 Å². The molecule has 0 saturated carbocycles. The predicted molar refractivity (Wildman–Crippen MR) is 552 cm³/mol. The van der Waals surface area contributed by atoms with Gasteiger partial charge in [-0.1, -0.05) is 52.0 Å². The molecule has 0 aliphatic carbocycles. The Kier molecular flexibility index (Phi) is 24.7. The fraction of sp³-hybridized carbons (Fsp3) is 0.291. The summed E-state index contributed by atoms with van der Waals surface area (Å²) >= 11 is 0. The molecule has 704 valence electrons. The zero-order chi connectivity index (χ0) is 95.1. The van der Waals surface area contributed by atoms with Crippen molar-refractivity contribution in [2.75, 3.05) is 183 Å². The van der Waals surface area contributed by atoms with Crippen LogP contribution in [-0.2, 0) is 11.3 Å². The standard InChI is InChI=1S/C28H31N9O.C26H29N9.C25H27N9.C24H24N8/c1-28(2,3)27(38)31-19-11-18(13-29-14-19)17-5-6-21-20(12-17)24(35-34-21)26-32-22-15-30-16-23(25(22)33-26)37-9-7-36(4)8-10-37;1-3-27-12-17-10-19(14-28-13-17)18-4-5-21-20(11-18)24(33-32-21)26-30-22-15-29-16-23(25(22)31-26)35-8-6-34(2)7-9-35;1-32(2)18-10-17(12-26-13-18)16-4-5-20-19(11-16)23(31-30-20)25-28-21-14-27-15-22(24(21)29-25)34-8-6-33(3)7-9-34;1-15-5-6-25-12-18(15)16-3-4-19-17(11-16)22(30-29-19)24-27-20-13-26-14-21(23(20)28-24)32-9-7-31(2)8-10-32/h5-6,11-16H,7-10H2,1-4H3,(H,31,38)(H,32,33)(H,34,35);4-5,10-11,13-16,27H,3,6-9,12H2,1-2H3,(H,30,31)(H,32,33);4-5,10-15H,6-9H2,1-3H3,(H,28,29)(H,30,31);3-6,11-14H,7-10H2,1-2H3,(H,27,28)(H,29,30). The minimum atomic E-state index is -0.493. The molecule has 36 nitrogen and oxygen atoms in total. The third-order valence-corrected chi connectivity index (χ3v) is 26.7. The maximum absolute atomic E-state index is 12.5. The van der Waals surface area contributed by atoms with Gasteiger partial charge in [0.25, 0.3) is 0 Å². The molecule has 4 fully saturated rings. The Morgan fingerprint density at radius 1 is 0.360 bits per heavy atom. The Morgan fingerprint density at radius 2 is 0.698 bits per heavy atom. The summed E-state index contributed by atoms with van der Waals surface area (Å²) < 4.78 is 0. The molecule has 4 aromatic carbocycles. The van der Waals surface area contributed by atoms with Crippen LogP contribution in [0, 0.1) is 12.3 Å². The van der Waals surface area contributed by atoms with Crippen LogP contribution < -0.4 is 35.1 Å². The summed E-state index contributed by atoms with van der Waals surface area (Å²) in [5.41, 5.74) is 30.6. The molecule has 10 N–H and O–H groups in total. The first-order valence-corrected chi connectivity index (χ1v) is 47.2. The number of hydrogen-bond donors (Lipinski definition) is 10. The number of carbonyl (C=O) groups excluding carboxylic acids is 1. The average Bonchev–Trinajstić information content (AvgIpc) is 1.63. The number of aryl methyl sites for hydroxylation is 1. The Morgan fingerprint density at radius 3 is 1.06 bits per heavy atom. The van der Waals surface area contributed by atoms with Crippen molar-refractivity contribution >= 4 is 128 Å². The summed E-state index contributed by atoms with van der Waals surface area (Å²) in [7, 11) is 12.7. The van der Waals surface area contributed by atoms with Crippen molar-refractivity contribution < 1.29 is 4.79 Å². The molecule has 0 bridgehead atoms. The van der Waals surface area contributed by atoms with Gasteiger partial charge in [-0.15, -0.1) is 0 Å². The highest BCUT2D eigenvalue weighted by Crippen LogP contribution is 2.41. The van der Waals surface area contributed by atoms with Crippen molar-refractivity contribution in [3.8, 4) is 90.6 Å². The van der Waals surface area contributed by atoms with Crippen molar-refractivity contribution in [2.24, 2.45) is 5.41 Å². The quantitative estimate of drug-likeness (QED) is 0.0405. The second-order valence-electron chi connectivity index (χ2n) is 37.6. The topological polar surface area (TPSA) is 403 Å². The molecule has 0 atom stereocenters. The molecular formula is C103H111N35O. The number of hydrogen-bond acceptors (Lipinski definition) is 27. The Bertz CT molecular complexity index is 7850. The van der Waals surface area contributed by atoms with E-state index in [1.807, 2.05) is 146 Å². The SMILES string of the molecule is CCNCc1cncc(-c2ccc3[nH]nc(-c4nc5c(N6CCN(C)CC6)cncc5[nH]4)c3c2)c1.CN1CCN(c2cncc3[nH]c(-c4n[nH]c5ccc(-c6cncc(N(C)C)c6)cc45)nc23)CC1.CN1CCN(c2cncc3[nH]c(-c4n[nH]c5ccc(-c6cncc(NC(=O)C(C)(C)C)c6)cc45)nc23)CC1.Cc1ccncc1-c1ccc2[nH]nc(-c3nc4c(N5CCN(C)CC5)cncc4[nH]3)c2c1. The fourth-order valence-corrected chi connectivity index (χ4v) is 18.3. The lowest BCUT2D eigenvalue weighted by Crippen LogP contribution is -2.44. The van der Waals surface area contributed by atoms with Gasteiger partial charge < -0.3 is 74.7 Å². The van der Waals surface area contributed by atoms with E-state index >= 15 is 0 Å². The number of piperazine rings is 4. The second-order valence-corrected chi connectivity index (χ2v) is 37.6. The lowest BCUT2D eigenvalue weighted by atomic mass is 9.95. The van der Waals surface area contributed by atoms with Gasteiger partial charge in [0.2, 0.25) is 5.91 Å². The van der Waals surface area contributed by atoms with Gasteiger partial charge in [0.1, 0.15) is 44.8 Å². The molecule has 36 heteroatoms. The predicted octanol–water partition coefficient (Wildman–Crippen LogP) is 14.7. The molecule has 16 aromatic heterocycles. The number of nitrogens with one attached hydrogen (secondary N) is 10. The number of imidazole rings is 4. The van der Waals surface area contributed by atoms with E-state index in [4.69, 9.17) is 19.9 Å². The van der Waals surface area contributed by atoms with E-state index in [1.165, 1.54) is 5.56 Å². The highest BCUT2D eigenvalue weighted by molar-refractivity contribution is 6.03. The monoisotopic (exact) mass is 1850 g/mol. The summed E-state index contributed by atoms with van der Waals surface area (Å²) in [6.45, 7) is 27.5. The Balaban J connectivity index is 0.000000110. The molecule has 0 spiro atoms. The Hall–Kier alpha value is -15.9. The van der Waals surface area contributed by atoms with Crippen LogP contribution >= 0.6 is 0 Å². The van der Waals surface area contributed by atoms with Crippen molar-refractivity contribution in [1.82, 2.24) is 145 Å². The zero-order valence-electron chi connectivity index (χ0n) is 79.8. The molecule has 24 rings (SSSR count). The van der Waals surface area contributed by atoms with E-state index in [-0.39, 0.29) is 5.91 Å². The average molecular weight is 1860 g/mol. The minimum absolute atomic E-state index is 0.0562. The van der Waals surface area contributed by atoms with Crippen LogP contribution in [0.15, 0.2) is 196 Å². The maximum atomic E-state index is 12.5. The number of nitrogens with zero attached hydrogens (tertiary/aromatic N) is 25. The minimum Gasteiger partial charge on any atom is -0.376 e. The van der Waals surface area contributed by atoms with Gasteiger partial charge in [-0.3, -0.25) is 65.1 Å². The largest absolute Gasteiger partial charge is 0.376 e. The smallest absolute Gasteiger partial charge is 0.229 e. The fourth-order valence-electron chi connectivity index (χ4n) is 18.3. The number of anilines is 6. The number of aromatic nitrogens is 24. The van der Waals surface area contributed by atoms with Gasteiger partial charge in [0.15, 0.2) is 23.3 Å². The molecule has 20 aromatic rings. The third-order valence-electron chi connectivity index (χ3n) is 26.7. The first kappa shape index (κ1) is 89.6. The van der Waals surface area contributed by atoms with Crippen LogP contribution in [0.4, 0.5) is 34.1 Å². The molecule has 4 aliphatic heterocycles. The molecular weight excluding hydrogens is 1740 g/mol. The summed E-state index contributed by atoms with van der Waals surface area (Å²) in [4.78, 5) is 102. The van der Waals surface area contributed by atoms with Gasteiger partial charge in [-0.2, -0.15) is 20.4 Å². The van der Waals surface area contributed by atoms with E-state index in [2.05, 4.69) is 270 Å². The lowest BCUT2D eigenvalue weighted by molar-refractivity contribution is -0.123. The first-order chi connectivity index (χ1) is 67.7. The summed E-state index contributed by atoms with van der Waals surface area (Å²) in [5.74, 6) is 2.86. The van der Waals surface area contributed by atoms with Crippen LogP contribution in [0.3, 0.4) is 0 Å². The van der Waals surface area contributed by atoms with Gasteiger partial charge in [0.05, 0.1) is 140 Å². The third kappa shape index (κ3) is 18.7. The highest BCUT2D eigenvalue weighted by Gasteiger charge is 2.29. The summed E-state index contributed by atoms with van der Waals surface area (Å²) in [5, 5.41) is 41.4. The molecule has 139 heavy (non-hydrogen) atoms. The van der Waals surface area contributed by atoms with Crippen LogP contribution in [0.25, 0.3) is 178 Å². The van der Waals surface area contributed by atoms with E-state index in [1.54, 1.807) is 12.4 Å². The number of benzene rings is 4. The highest BCUT2D eigenvalue weighted by atomic mass is 16.2. The summed E-state index contributed by atoms with van der Waals surface area (Å²) in [6.07, 6.45) is 29.8. The van der Waals surface area contributed by atoms with Crippen molar-refractivity contribution in [3.63, 3.8) is 0 Å². The van der Waals surface area contributed by atoms with Crippen LogP contribution in [0.1, 0.15) is 38.8 Å². The van der Waals surface area contributed by atoms with E-state index in [0.29, 0.717) is 11.5 Å². The number of fused-ring (bicyclic) bond motifs is 8. The molecule has 4 aliphatic rings. The van der Waals surface area contributed by atoms with Gasteiger partial charge in [0, 0.05) is 212 Å². The number of H-pyrrole nitrogens is 8. The van der Waals surface area contributed by atoms with Crippen molar-refractivity contribution in [2.45, 2.75) is 41.2 Å². The molecule has 20 heterocycles. The van der Waals surface area contributed by atoms with Gasteiger partial charge in [-0.25, -0.2) is 19.9 Å². The number of carbonyl (C=O) groups is 1. The number of aromatic amines is 8. The van der Waals surface area contributed by atoms with E-state index < -0.39 is 5.41 Å². The Labute approximate surface area is 801 Å². The number of rotatable bonds is 17. The number of likely N-dealkylation sites (N-methyl/N-ethyl adjacent to an activating group) is 4. The molecule has 0 radical (unpaired) electrons. The zero-order valence-corrected chi connectivity index (χ0v) is 79.8. The number of amides is 1. The van der Waals surface area contributed by atoms with E-state index in [9.17, 15) is 4.79 Å².